The van der Waals surface area contributed by atoms with Gasteiger partial charge in [0.05, 0.1) is 10.7 Å². The number of hydrogen-bond acceptors (Lipinski definition) is 4. The highest BCUT2D eigenvalue weighted by molar-refractivity contribution is 7.11. The number of hydrogen-bond donors (Lipinski definition) is 2. The minimum Gasteiger partial charge on any atom is -0.356 e. The molecule has 0 fully saturated rings. The lowest BCUT2D eigenvalue weighted by molar-refractivity contribution is -0.127. The second kappa shape index (κ2) is 9.50. The van der Waals surface area contributed by atoms with Gasteiger partial charge in [0.1, 0.15) is 6.54 Å². The van der Waals surface area contributed by atoms with Gasteiger partial charge in [0.2, 0.25) is 5.91 Å². The summed E-state index contributed by atoms with van der Waals surface area (Å²) in [6, 6.07) is 0.306. The summed E-state index contributed by atoms with van der Waals surface area (Å²) in [5.74, 6) is 0.668. The molecule has 0 saturated carbocycles. The van der Waals surface area contributed by atoms with E-state index in [1.54, 1.807) is 30.3 Å². The molecule has 0 aliphatic heterocycles. The summed E-state index contributed by atoms with van der Waals surface area (Å²) in [4.78, 5) is 23.4. The van der Waals surface area contributed by atoms with E-state index in [0.29, 0.717) is 12.0 Å². The Hall–Kier alpha value is -1.63. The largest absolute Gasteiger partial charge is 0.356 e. The van der Waals surface area contributed by atoms with Gasteiger partial charge in [0.15, 0.2) is 5.96 Å². The Kier molecular flexibility index (Phi) is 8.02. The van der Waals surface area contributed by atoms with Crippen LogP contribution in [0.5, 0.6) is 0 Å². The van der Waals surface area contributed by atoms with Gasteiger partial charge in [-0.05, 0) is 27.2 Å². The lowest BCUT2D eigenvalue weighted by atomic mass is 10.3. The third kappa shape index (κ3) is 6.99. The highest BCUT2D eigenvalue weighted by Crippen LogP contribution is 2.16. The second-order valence-corrected chi connectivity index (χ2v) is 7.12. The maximum atomic E-state index is 11.7. The molecule has 130 valence electrons. The fourth-order valence-corrected chi connectivity index (χ4v) is 2.64. The highest BCUT2D eigenvalue weighted by atomic mass is 32.1. The highest BCUT2D eigenvalue weighted by Gasteiger charge is 2.08. The summed E-state index contributed by atoms with van der Waals surface area (Å²) in [6.07, 6.45) is 1.84. The topological polar surface area (TPSA) is 69.6 Å². The number of carbonyl (C=O) groups excluding carboxylic acids is 1. The fourth-order valence-electron chi connectivity index (χ4n) is 1.71. The van der Waals surface area contributed by atoms with Crippen LogP contribution in [0.4, 0.5) is 0 Å². The Labute approximate surface area is 143 Å². The molecule has 1 atom stereocenters. The van der Waals surface area contributed by atoms with E-state index >= 15 is 0 Å². The first kappa shape index (κ1) is 19.4. The maximum absolute atomic E-state index is 11.7. The van der Waals surface area contributed by atoms with Crippen molar-refractivity contribution in [2.75, 3.05) is 27.2 Å². The molecule has 1 aromatic heterocycles. The van der Waals surface area contributed by atoms with Gasteiger partial charge in [-0.15, -0.1) is 11.3 Å². The van der Waals surface area contributed by atoms with E-state index in [1.165, 1.54) is 4.88 Å². The van der Waals surface area contributed by atoms with Gasteiger partial charge in [0.25, 0.3) is 0 Å². The number of guanidine groups is 1. The number of aryl methyl sites for hydroxylation is 2. The first-order chi connectivity index (χ1) is 10.8. The van der Waals surface area contributed by atoms with E-state index in [2.05, 4.69) is 41.4 Å². The van der Waals surface area contributed by atoms with Crippen LogP contribution < -0.4 is 10.6 Å². The van der Waals surface area contributed by atoms with Crippen LogP contribution in [-0.2, 0) is 11.2 Å². The number of aliphatic imine (C=N–C) groups is 1. The van der Waals surface area contributed by atoms with E-state index < -0.39 is 0 Å². The van der Waals surface area contributed by atoms with Crippen molar-refractivity contribution >= 4 is 23.2 Å². The van der Waals surface area contributed by atoms with Gasteiger partial charge < -0.3 is 15.5 Å². The summed E-state index contributed by atoms with van der Waals surface area (Å²) < 4.78 is 0. The van der Waals surface area contributed by atoms with Crippen LogP contribution in [0.1, 0.15) is 35.8 Å². The number of aromatic nitrogens is 1. The van der Waals surface area contributed by atoms with Crippen LogP contribution in [0, 0.1) is 13.8 Å². The zero-order valence-corrected chi connectivity index (χ0v) is 15.9. The zero-order valence-electron chi connectivity index (χ0n) is 15.1. The van der Waals surface area contributed by atoms with Gasteiger partial charge in [-0.25, -0.2) is 9.98 Å². The smallest absolute Gasteiger partial charge is 0.243 e. The normalized spacial score (nSPS) is 12.9. The summed E-state index contributed by atoms with van der Waals surface area (Å²) >= 11 is 1.73. The minimum absolute atomic E-state index is 0.0126. The molecule has 0 bridgehead atoms. The van der Waals surface area contributed by atoms with Gasteiger partial charge in [0, 0.05) is 38.0 Å². The van der Waals surface area contributed by atoms with Crippen LogP contribution >= 0.6 is 11.3 Å². The third-order valence-electron chi connectivity index (χ3n) is 3.57. The molecule has 23 heavy (non-hydrogen) atoms. The molecule has 0 aromatic carbocycles. The SMILES string of the molecule is CCC(C)NC(=NCC(=O)N(C)C)NCCc1nc(C)c(C)s1. The van der Waals surface area contributed by atoms with Gasteiger partial charge in [-0.3, -0.25) is 4.79 Å². The lowest BCUT2D eigenvalue weighted by Gasteiger charge is -2.17. The van der Waals surface area contributed by atoms with Crippen LogP contribution in [0.2, 0.25) is 0 Å². The third-order valence-corrected chi connectivity index (χ3v) is 4.70. The average Bonchev–Trinajstić information content (AvgIpc) is 2.82. The molecule has 0 aliphatic rings. The Morgan fingerprint density at radius 1 is 1.39 bits per heavy atom. The van der Waals surface area contributed by atoms with Gasteiger partial charge in [-0.1, -0.05) is 6.92 Å². The molecule has 1 amide bonds. The number of likely N-dealkylation sites (N-methyl/N-ethyl adjacent to an activating group) is 1. The quantitative estimate of drug-likeness (QED) is 0.586. The van der Waals surface area contributed by atoms with E-state index in [9.17, 15) is 4.79 Å². The summed E-state index contributed by atoms with van der Waals surface area (Å²) in [6.45, 7) is 9.22. The number of rotatable bonds is 7. The van der Waals surface area contributed by atoms with Crippen molar-refractivity contribution in [2.24, 2.45) is 4.99 Å². The molecule has 0 aliphatic carbocycles. The molecule has 6 nitrogen and oxygen atoms in total. The molecule has 1 unspecified atom stereocenters. The lowest BCUT2D eigenvalue weighted by Crippen LogP contribution is -2.43. The molecule has 1 heterocycles. The Bertz CT molecular complexity index is 519. The first-order valence-corrected chi connectivity index (χ1v) is 8.83. The summed E-state index contributed by atoms with van der Waals surface area (Å²) in [7, 11) is 3.47. The monoisotopic (exact) mass is 339 g/mol. The summed E-state index contributed by atoms with van der Waals surface area (Å²) in [5.41, 5.74) is 1.10. The van der Waals surface area contributed by atoms with Crippen LogP contribution in [0.15, 0.2) is 4.99 Å². The average molecular weight is 340 g/mol. The van der Waals surface area contributed by atoms with Gasteiger partial charge >= 0.3 is 0 Å². The van der Waals surface area contributed by atoms with E-state index in [4.69, 9.17) is 0 Å². The van der Waals surface area contributed by atoms with Crippen molar-refractivity contribution in [3.8, 4) is 0 Å². The molecule has 1 rings (SSSR count). The van der Waals surface area contributed by atoms with Crippen molar-refractivity contribution in [3.63, 3.8) is 0 Å². The van der Waals surface area contributed by atoms with Crippen LogP contribution in [0.25, 0.3) is 0 Å². The predicted octanol–water partition coefficient (Wildman–Crippen LogP) is 1.72. The molecule has 0 spiro atoms. The molecule has 1 aromatic rings. The molecule has 0 radical (unpaired) electrons. The Balaban J connectivity index is 2.57. The molecule has 0 saturated heterocycles. The number of nitrogens with one attached hydrogen (secondary N) is 2. The minimum atomic E-state index is -0.0126. The van der Waals surface area contributed by atoms with Crippen LogP contribution in [-0.4, -0.2) is 55.0 Å². The summed E-state index contributed by atoms with van der Waals surface area (Å²) in [5, 5.41) is 7.73. The number of amides is 1. The van der Waals surface area contributed by atoms with Crippen LogP contribution in [0.3, 0.4) is 0 Å². The van der Waals surface area contributed by atoms with Crippen molar-refractivity contribution in [2.45, 2.75) is 46.6 Å². The van der Waals surface area contributed by atoms with Crippen molar-refractivity contribution in [1.82, 2.24) is 20.5 Å². The van der Waals surface area contributed by atoms with Crippen molar-refractivity contribution < 1.29 is 4.79 Å². The van der Waals surface area contributed by atoms with Crippen molar-refractivity contribution in [1.29, 1.82) is 0 Å². The number of nitrogens with zero attached hydrogens (tertiary/aromatic N) is 3. The molecular formula is C16H29N5OS. The van der Waals surface area contributed by atoms with Crippen molar-refractivity contribution in [3.05, 3.63) is 15.6 Å². The second-order valence-electron chi connectivity index (χ2n) is 5.83. The zero-order chi connectivity index (χ0) is 17.4. The van der Waals surface area contributed by atoms with E-state index in [1.807, 2.05) is 6.92 Å². The molecule has 2 N–H and O–H groups in total. The molecular weight excluding hydrogens is 310 g/mol. The van der Waals surface area contributed by atoms with E-state index in [0.717, 1.165) is 30.1 Å². The Morgan fingerprint density at radius 2 is 2.09 bits per heavy atom. The molecule has 7 heteroatoms. The van der Waals surface area contributed by atoms with Gasteiger partial charge in [-0.2, -0.15) is 0 Å². The number of carbonyl (C=O) groups is 1. The first-order valence-electron chi connectivity index (χ1n) is 8.01. The van der Waals surface area contributed by atoms with E-state index in [-0.39, 0.29) is 12.5 Å². The Morgan fingerprint density at radius 3 is 2.61 bits per heavy atom. The fraction of sp³-hybridized carbons (Fsp3) is 0.688. The predicted molar refractivity (Wildman–Crippen MR) is 97.2 cm³/mol. The standard InChI is InChI=1S/C16H29N5OS/c1-7-11(2)19-16(18-10-15(22)21(5)6)17-9-8-14-20-12(3)13(4)23-14/h11H,7-10H2,1-6H3,(H2,17,18,19). The maximum Gasteiger partial charge on any atom is 0.243 e. The number of thiazole rings is 1.